The summed E-state index contributed by atoms with van der Waals surface area (Å²) >= 11 is 0. The van der Waals surface area contributed by atoms with Gasteiger partial charge in [0.05, 0.1) is 18.1 Å². The van der Waals surface area contributed by atoms with Gasteiger partial charge >= 0.3 is 0 Å². The van der Waals surface area contributed by atoms with Gasteiger partial charge in [0, 0.05) is 22.8 Å². The van der Waals surface area contributed by atoms with Crippen LogP contribution in [0.3, 0.4) is 0 Å². The van der Waals surface area contributed by atoms with Crippen molar-refractivity contribution < 1.29 is 17.9 Å². The van der Waals surface area contributed by atoms with Gasteiger partial charge in [-0.2, -0.15) is 0 Å². The average Bonchev–Trinajstić information content (AvgIpc) is 2.36. The minimum atomic E-state index is -3.86. The minimum absolute atomic E-state index is 0.0987. The molecular weight excluding hydrogens is 314 g/mol. The first-order valence-electron chi connectivity index (χ1n) is 6.27. The first kappa shape index (κ1) is 17.7. The van der Waals surface area contributed by atoms with Crippen LogP contribution in [0.25, 0.3) is 0 Å². The Morgan fingerprint density at radius 3 is 2.67 bits per heavy atom. The minimum Gasteiger partial charge on any atom is -0.375 e. The van der Waals surface area contributed by atoms with Crippen LogP contribution in [0.5, 0.6) is 0 Å². The molecule has 0 aliphatic carbocycles. The first-order chi connectivity index (χ1) is 9.71. The number of carbonyl (C=O) groups excluding carboxylic acids is 1. The molecule has 0 aliphatic heterocycles. The van der Waals surface area contributed by atoms with Crippen LogP contribution in [-0.2, 0) is 13.8 Å². The Labute approximate surface area is 129 Å². The number of carbonyl (C=O) groups is 1. The molecule has 0 aromatic heterocycles. The largest absolute Gasteiger partial charge is 0.375 e. The standard InChI is InChI=1S/C14H18ClNO4S/c1-10(2)9-20-7-6-16-14(17)13-8-12(21(15,18)19)5-4-11(13)3/h4-5,8H,1,6-7,9H2,2-3H3,(H,16,17). The highest BCUT2D eigenvalue weighted by atomic mass is 35.7. The van der Waals surface area contributed by atoms with E-state index in [1.54, 1.807) is 13.0 Å². The van der Waals surface area contributed by atoms with E-state index in [9.17, 15) is 13.2 Å². The third-order valence-electron chi connectivity index (χ3n) is 2.62. The van der Waals surface area contributed by atoms with Gasteiger partial charge in [-0.05, 0) is 31.5 Å². The van der Waals surface area contributed by atoms with E-state index < -0.39 is 9.05 Å². The Kier molecular flexibility index (Phi) is 6.39. The molecule has 5 nitrogen and oxygen atoms in total. The highest BCUT2D eigenvalue weighted by molar-refractivity contribution is 8.13. The molecule has 0 unspecified atom stereocenters. The second kappa shape index (κ2) is 7.59. The van der Waals surface area contributed by atoms with E-state index in [1.807, 2.05) is 6.92 Å². The van der Waals surface area contributed by atoms with Crippen molar-refractivity contribution in [2.24, 2.45) is 0 Å². The Morgan fingerprint density at radius 2 is 2.10 bits per heavy atom. The van der Waals surface area contributed by atoms with Crippen LogP contribution in [0.1, 0.15) is 22.8 Å². The van der Waals surface area contributed by atoms with Crippen LogP contribution < -0.4 is 5.32 Å². The summed E-state index contributed by atoms with van der Waals surface area (Å²) in [6.45, 7) is 8.38. The topological polar surface area (TPSA) is 72.5 Å². The van der Waals surface area contributed by atoms with Crippen LogP contribution in [0.2, 0.25) is 0 Å². The molecule has 1 rings (SSSR count). The zero-order chi connectivity index (χ0) is 16.0. The lowest BCUT2D eigenvalue weighted by Gasteiger charge is -2.09. The number of rotatable bonds is 7. The van der Waals surface area contributed by atoms with E-state index in [-0.39, 0.29) is 16.4 Å². The van der Waals surface area contributed by atoms with Gasteiger partial charge in [-0.1, -0.05) is 18.2 Å². The molecule has 0 saturated heterocycles. The predicted molar refractivity (Wildman–Crippen MR) is 82.2 cm³/mol. The summed E-state index contributed by atoms with van der Waals surface area (Å²) in [5.74, 6) is -0.367. The van der Waals surface area contributed by atoms with Gasteiger partial charge in [0.1, 0.15) is 0 Å². The van der Waals surface area contributed by atoms with Gasteiger partial charge in [-0.25, -0.2) is 8.42 Å². The van der Waals surface area contributed by atoms with Crippen molar-refractivity contribution in [1.82, 2.24) is 5.32 Å². The third-order valence-corrected chi connectivity index (χ3v) is 3.97. The van der Waals surface area contributed by atoms with Gasteiger partial charge in [-0.15, -0.1) is 0 Å². The van der Waals surface area contributed by atoms with Crippen molar-refractivity contribution in [2.45, 2.75) is 18.7 Å². The van der Waals surface area contributed by atoms with E-state index in [4.69, 9.17) is 15.4 Å². The highest BCUT2D eigenvalue weighted by Gasteiger charge is 2.15. The molecule has 7 heteroatoms. The van der Waals surface area contributed by atoms with Gasteiger partial charge in [0.2, 0.25) is 0 Å². The Balaban J connectivity index is 2.68. The molecule has 0 atom stereocenters. The van der Waals surface area contributed by atoms with Crippen molar-refractivity contribution >= 4 is 25.6 Å². The van der Waals surface area contributed by atoms with Crippen molar-refractivity contribution in [3.8, 4) is 0 Å². The molecular formula is C14H18ClNO4S. The average molecular weight is 332 g/mol. The summed E-state index contributed by atoms with van der Waals surface area (Å²) in [6.07, 6.45) is 0. The molecule has 1 aromatic carbocycles. The maximum atomic E-state index is 12.0. The summed E-state index contributed by atoms with van der Waals surface area (Å²) < 4.78 is 27.8. The Morgan fingerprint density at radius 1 is 1.43 bits per heavy atom. The number of halogens is 1. The lowest BCUT2D eigenvalue weighted by molar-refractivity contribution is 0.0926. The molecule has 21 heavy (non-hydrogen) atoms. The third kappa shape index (κ3) is 5.87. The summed E-state index contributed by atoms with van der Waals surface area (Å²) in [5, 5.41) is 2.66. The summed E-state index contributed by atoms with van der Waals surface area (Å²) in [6, 6.07) is 4.17. The highest BCUT2D eigenvalue weighted by Crippen LogP contribution is 2.19. The van der Waals surface area contributed by atoms with E-state index in [1.165, 1.54) is 12.1 Å². The molecule has 0 aliphatic rings. The number of hydrogen-bond donors (Lipinski definition) is 1. The molecule has 0 saturated carbocycles. The second-order valence-electron chi connectivity index (χ2n) is 4.68. The molecule has 116 valence electrons. The van der Waals surface area contributed by atoms with Crippen molar-refractivity contribution in [2.75, 3.05) is 19.8 Å². The maximum absolute atomic E-state index is 12.0. The number of hydrogen-bond acceptors (Lipinski definition) is 4. The van der Waals surface area contributed by atoms with Crippen LogP contribution >= 0.6 is 10.7 Å². The van der Waals surface area contributed by atoms with Crippen LogP contribution in [0, 0.1) is 6.92 Å². The fourth-order valence-corrected chi connectivity index (χ4v) is 2.35. The lowest BCUT2D eigenvalue weighted by atomic mass is 10.1. The summed E-state index contributed by atoms with van der Waals surface area (Å²) in [4.78, 5) is 11.9. The second-order valence-corrected chi connectivity index (χ2v) is 7.25. The van der Waals surface area contributed by atoms with Crippen molar-refractivity contribution in [3.05, 3.63) is 41.5 Å². The first-order valence-corrected chi connectivity index (χ1v) is 8.58. The molecule has 1 aromatic rings. The quantitative estimate of drug-likeness (QED) is 0.472. The number of ether oxygens (including phenoxy) is 1. The summed E-state index contributed by atoms with van der Waals surface area (Å²) in [5.41, 5.74) is 1.84. The van der Waals surface area contributed by atoms with Crippen molar-refractivity contribution in [1.29, 1.82) is 0 Å². The number of amides is 1. The van der Waals surface area contributed by atoms with E-state index in [2.05, 4.69) is 11.9 Å². The lowest BCUT2D eigenvalue weighted by Crippen LogP contribution is -2.28. The van der Waals surface area contributed by atoms with Gasteiger partial charge in [-0.3, -0.25) is 4.79 Å². The van der Waals surface area contributed by atoms with Gasteiger partial charge < -0.3 is 10.1 Å². The van der Waals surface area contributed by atoms with Crippen molar-refractivity contribution in [3.63, 3.8) is 0 Å². The Bertz CT molecular complexity index is 640. The molecule has 1 amide bonds. The zero-order valence-corrected chi connectivity index (χ0v) is 13.6. The Hall–Kier alpha value is -1.37. The fourth-order valence-electron chi connectivity index (χ4n) is 1.58. The predicted octanol–water partition coefficient (Wildman–Crippen LogP) is 2.25. The van der Waals surface area contributed by atoms with E-state index in [0.717, 1.165) is 5.57 Å². The molecule has 0 heterocycles. The summed E-state index contributed by atoms with van der Waals surface area (Å²) in [7, 11) is 1.42. The van der Waals surface area contributed by atoms with Crippen LogP contribution in [0.4, 0.5) is 0 Å². The SMILES string of the molecule is C=C(C)COCCNC(=O)c1cc(S(=O)(=O)Cl)ccc1C. The number of nitrogens with one attached hydrogen (secondary N) is 1. The monoisotopic (exact) mass is 331 g/mol. The van der Waals surface area contributed by atoms with Crippen LogP contribution in [-0.4, -0.2) is 34.1 Å². The molecule has 0 radical (unpaired) electrons. The molecule has 0 spiro atoms. The fraction of sp³-hybridized carbons (Fsp3) is 0.357. The van der Waals surface area contributed by atoms with E-state index >= 15 is 0 Å². The number of aryl methyl sites for hydroxylation is 1. The smallest absolute Gasteiger partial charge is 0.261 e. The van der Waals surface area contributed by atoms with E-state index in [0.29, 0.717) is 25.3 Å². The van der Waals surface area contributed by atoms with Crippen LogP contribution in [0.15, 0.2) is 35.2 Å². The normalized spacial score (nSPS) is 11.2. The number of benzene rings is 1. The molecule has 0 fully saturated rings. The molecule has 1 N–H and O–H groups in total. The molecule has 0 bridgehead atoms. The van der Waals surface area contributed by atoms with Gasteiger partial charge in [0.25, 0.3) is 15.0 Å². The maximum Gasteiger partial charge on any atom is 0.261 e. The van der Waals surface area contributed by atoms with Gasteiger partial charge in [0.15, 0.2) is 0 Å². The zero-order valence-electron chi connectivity index (χ0n) is 12.0.